The van der Waals surface area contributed by atoms with Crippen LogP contribution in [-0.2, 0) is 36.8 Å². The molecule has 46 heavy (non-hydrogen) atoms. The maximum Gasteiger partial charge on any atom is 0.326 e. The molecule has 3 aromatic rings. The largest absolute Gasteiger partial charge is 0.508 e. The minimum atomic E-state index is -1.78. The molecule has 0 fully saturated rings. The molecular weight excluding hydrogens is 600 g/mol. The molecule has 246 valence electrons. The lowest BCUT2D eigenvalue weighted by molar-refractivity contribution is -0.147. The number of nitrogens with one attached hydrogen (secondary N) is 4. The van der Waals surface area contributed by atoms with Gasteiger partial charge in [-0.1, -0.05) is 30.3 Å². The van der Waals surface area contributed by atoms with Crippen molar-refractivity contribution in [2.45, 2.75) is 56.3 Å². The fourth-order valence-electron chi connectivity index (χ4n) is 4.68. The van der Waals surface area contributed by atoms with Gasteiger partial charge < -0.3 is 53.5 Å². The molecule has 0 spiro atoms. The van der Waals surface area contributed by atoms with Crippen LogP contribution in [0.4, 0.5) is 0 Å². The summed E-state index contributed by atoms with van der Waals surface area (Å²) >= 11 is 0. The zero-order valence-electron chi connectivity index (χ0n) is 24.8. The minimum Gasteiger partial charge on any atom is -0.508 e. The number of amides is 3. The zero-order chi connectivity index (χ0) is 33.8. The number of aromatic hydroxyl groups is 1. The average Bonchev–Trinajstić information content (AvgIpc) is 3.40. The number of hydrogen-bond acceptors (Lipinski definition) is 8. The molecule has 16 nitrogen and oxygen atoms in total. The number of aliphatic carboxylic acids is 2. The molecule has 3 amide bonds. The van der Waals surface area contributed by atoms with E-state index in [1.807, 2.05) is 24.3 Å². The predicted molar refractivity (Wildman–Crippen MR) is 167 cm³/mol. The average molecular weight is 639 g/mol. The molecule has 0 aliphatic carbocycles. The van der Waals surface area contributed by atoms with E-state index in [1.165, 1.54) is 24.3 Å². The summed E-state index contributed by atoms with van der Waals surface area (Å²) in [5.41, 5.74) is 19.2. The second-order valence-corrected chi connectivity index (χ2v) is 10.6. The van der Waals surface area contributed by atoms with Crippen LogP contribution in [0.2, 0.25) is 0 Å². The molecule has 0 saturated heterocycles. The Hall–Kier alpha value is -5.64. The van der Waals surface area contributed by atoms with Gasteiger partial charge in [-0.3, -0.25) is 24.2 Å². The van der Waals surface area contributed by atoms with Gasteiger partial charge in [0.05, 0.1) is 12.5 Å². The summed E-state index contributed by atoms with van der Waals surface area (Å²) in [6.45, 7) is 0.135. The SMILES string of the molecule is NC(N)=NCCCC(NC(=O)C(N)Cc1c[nH]c2ccccc12)C(=O)NC(Cc1ccc(O)cc1)C(=O)NC(CC(=O)O)C(=O)O. The second-order valence-electron chi connectivity index (χ2n) is 10.6. The van der Waals surface area contributed by atoms with Crippen LogP contribution in [0, 0.1) is 0 Å². The Labute approximate surface area is 263 Å². The molecule has 4 unspecified atom stereocenters. The molecule has 16 heteroatoms. The molecular formula is C30H38N8O8. The lowest BCUT2D eigenvalue weighted by Crippen LogP contribution is -2.58. The Morgan fingerprint density at radius 3 is 2.11 bits per heavy atom. The number of rotatable bonds is 17. The van der Waals surface area contributed by atoms with Gasteiger partial charge in [-0.25, -0.2) is 4.79 Å². The highest BCUT2D eigenvalue weighted by atomic mass is 16.4. The zero-order valence-corrected chi connectivity index (χ0v) is 24.8. The fraction of sp³-hybridized carbons (Fsp3) is 0.333. The number of H-pyrrole nitrogens is 1. The molecule has 0 bridgehead atoms. The summed E-state index contributed by atoms with van der Waals surface area (Å²) in [4.78, 5) is 69.8. The first kappa shape index (κ1) is 34.8. The first-order valence-electron chi connectivity index (χ1n) is 14.3. The number of fused-ring (bicyclic) bond motifs is 1. The Morgan fingerprint density at radius 1 is 0.826 bits per heavy atom. The third-order valence-corrected chi connectivity index (χ3v) is 7.03. The van der Waals surface area contributed by atoms with Gasteiger partial charge in [0.1, 0.15) is 23.9 Å². The van der Waals surface area contributed by atoms with Crippen LogP contribution in [0.5, 0.6) is 5.75 Å². The number of para-hydroxylation sites is 1. The summed E-state index contributed by atoms with van der Waals surface area (Å²) in [6.07, 6.45) is 1.13. The van der Waals surface area contributed by atoms with Crippen molar-refractivity contribution in [2.24, 2.45) is 22.2 Å². The number of carbonyl (C=O) groups excluding carboxylic acids is 3. The standard InChI is InChI=1S/C30H38N8O8/c31-20(13-17-15-35-21-5-2-1-4-19(17)21)26(42)36-22(6-3-11-34-30(32)33)27(43)37-23(12-16-7-9-18(39)10-8-16)28(44)38-24(29(45)46)14-25(40)41/h1-2,4-5,7-10,15,20,22-24,35,39H,3,6,11-14,31H2,(H,36,42)(H,37,43)(H,38,44)(H,40,41)(H,45,46)(H4,32,33,34). The van der Waals surface area contributed by atoms with Crippen molar-refractivity contribution in [3.8, 4) is 5.75 Å². The fourth-order valence-corrected chi connectivity index (χ4v) is 4.68. The maximum absolute atomic E-state index is 13.6. The molecule has 1 aromatic heterocycles. The van der Waals surface area contributed by atoms with Crippen molar-refractivity contribution in [3.63, 3.8) is 0 Å². The molecule has 1 heterocycles. The number of aromatic amines is 1. The van der Waals surface area contributed by atoms with Crippen LogP contribution < -0.4 is 33.2 Å². The van der Waals surface area contributed by atoms with E-state index in [9.17, 15) is 34.2 Å². The van der Waals surface area contributed by atoms with Gasteiger partial charge in [-0.15, -0.1) is 0 Å². The van der Waals surface area contributed by atoms with Gasteiger partial charge in [0.25, 0.3) is 0 Å². The molecule has 13 N–H and O–H groups in total. The molecule has 0 radical (unpaired) electrons. The topological polar surface area (TPSA) is 288 Å². The van der Waals surface area contributed by atoms with E-state index >= 15 is 0 Å². The van der Waals surface area contributed by atoms with E-state index in [1.54, 1.807) is 6.20 Å². The monoisotopic (exact) mass is 638 g/mol. The van der Waals surface area contributed by atoms with Crippen LogP contribution in [0.25, 0.3) is 10.9 Å². The number of guanidine groups is 1. The van der Waals surface area contributed by atoms with Gasteiger partial charge in [0, 0.05) is 30.1 Å². The van der Waals surface area contributed by atoms with E-state index < -0.39 is 60.2 Å². The summed E-state index contributed by atoms with van der Waals surface area (Å²) in [7, 11) is 0. The Morgan fingerprint density at radius 2 is 1.46 bits per heavy atom. The third-order valence-electron chi connectivity index (χ3n) is 7.03. The molecule has 3 rings (SSSR count). The molecule has 0 aliphatic rings. The summed E-state index contributed by atoms with van der Waals surface area (Å²) in [5.74, 6) is -5.66. The number of nitrogens with two attached hydrogens (primary N) is 3. The van der Waals surface area contributed by atoms with Crippen LogP contribution in [0.15, 0.2) is 59.7 Å². The van der Waals surface area contributed by atoms with E-state index in [4.69, 9.17) is 22.3 Å². The van der Waals surface area contributed by atoms with Crippen LogP contribution in [0.1, 0.15) is 30.4 Å². The number of carboxylic acid groups (broad SMARTS) is 2. The Bertz CT molecular complexity index is 1570. The highest BCUT2D eigenvalue weighted by Crippen LogP contribution is 2.19. The predicted octanol–water partition coefficient (Wildman–Crippen LogP) is -0.947. The highest BCUT2D eigenvalue weighted by molar-refractivity contribution is 5.95. The third kappa shape index (κ3) is 10.5. The smallest absolute Gasteiger partial charge is 0.326 e. The van der Waals surface area contributed by atoms with E-state index in [2.05, 4.69) is 25.9 Å². The highest BCUT2D eigenvalue weighted by Gasteiger charge is 2.31. The van der Waals surface area contributed by atoms with Crippen LogP contribution in [0.3, 0.4) is 0 Å². The van der Waals surface area contributed by atoms with Crippen molar-refractivity contribution in [3.05, 3.63) is 65.9 Å². The summed E-state index contributed by atoms with van der Waals surface area (Å²) < 4.78 is 0. The van der Waals surface area contributed by atoms with Crippen molar-refractivity contribution >= 4 is 46.5 Å². The van der Waals surface area contributed by atoms with E-state index in [-0.39, 0.29) is 43.9 Å². The van der Waals surface area contributed by atoms with E-state index in [0.717, 1.165) is 16.5 Å². The number of phenolic OH excluding ortho intramolecular Hbond substituents is 1. The van der Waals surface area contributed by atoms with Crippen LogP contribution >= 0.6 is 0 Å². The van der Waals surface area contributed by atoms with Gasteiger partial charge in [0.2, 0.25) is 17.7 Å². The minimum absolute atomic E-state index is 0.0402. The molecule has 4 atom stereocenters. The number of aliphatic imine (C=N–C) groups is 1. The van der Waals surface area contributed by atoms with Crippen molar-refractivity contribution < 1.29 is 39.3 Å². The van der Waals surface area contributed by atoms with Crippen molar-refractivity contribution in [1.82, 2.24) is 20.9 Å². The first-order chi connectivity index (χ1) is 21.8. The second kappa shape index (κ2) is 16.4. The van der Waals surface area contributed by atoms with Crippen LogP contribution in [-0.4, -0.2) is 86.6 Å². The number of hydrogen-bond donors (Lipinski definition) is 10. The van der Waals surface area contributed by atoms with Gasteiger partial charge in [0.15, 0.2) is 5.96 Å². The number of benzene rings is 2. The molecule has 2 aromatic carbocycles. The van der Waals surface area contributed by atoms with E-state index in [0.29, 0.717) is 5.56 Å². The number of nitrogens with zero attached hydrogens (tertiary/aromatic N) is 1. The van der Waals surface area contributed by atoms with Gasteiger partial charge in [-0.2, -0.15) is 0 Å². The lowest BCUT2D eigenvalue weighted by atomic mass is 10.0. The Kier molecular flexibility index (Phi) is 12.5. The molecule has 0 aliphatic heterocycles. The first-order valence-corrected chi connectivity index (χ1v) is 14.3. The van der Waals surface area contributed by atoms with Crippen molar-refractivity contribution in [1.29, 1.82) is 0 Å². The number of phenols is 1. The number of carbonyl (C=O) groups is 5. The normalized spacial score (nSPS) is 13.5. The quantitative estimate of drug-likeness (QED) is 0.0488. The number of aromatic nitrogens is 1. The Balaban J connectivity index is 1.81. The number of carboxylic acids is 2. The van der Waals surface area contributed by atoms with Crippen molar-refractivity contribution in [2.75, 3.05) is 6.54 Å². The lowest BCUT2D eigenvalue weighted by Gasteiger charge is -2.25. The summed E-state index contributed by atoms with van der Waals surface area (Å²) in [6, 6.07) is 7.76. The van der Waals surface area contributed by atoms with Gasteiger partial charge >= 0.3 is 11.9 Å². The maximum atomic E-state index is 13.6. The molecule has 0 saturated carbocycles. The van der Waals surface area contributed by atoms with Gasteiger partial charge in [-0.05, 0) is 48.6 Å². The summed E-state index contributed by atoms with van der Waals surface area (Å²) in [5, 5.41) is 36.3.